The van der Waals surface area contributed by atoms with Crippen LogP contribution in [0.1, 0.15) is 51.4 Å². The van der Waals surface area contributed by atoms with Crippen LogP contribution >= 0.6 is 0 Å². The van der Waals surface area contributed by atoms with Crippen molar-refractivity contribution in [1.29, 1.82) is 0 Å². The standard InChI is InChI=1S/C17H28N2O3/c20-12-15(21)19-10-8-17(13-19)7-4-9-18(16(17)22)11-14-5-2-1-3-6-14/h14,20H,1-13H2/t17-/m1/s1. The highest BCUT2D eigenvalue weighted by atomic mass is 16.3. The third-order valence-corrected chi connectivity index (χ3v) is 5.87. The molecule has 0 unspecified atom stereocenters. The number of aliphatic hydroxyl groups is 1. The van der Waals surface area contributed by atoms with Crippen molar-refractivity contribution in [2.24, 2.45) is 11.3 Å². The van der Waals surface area contributed by atoms with Crippen LogP contribution in [0.3, 0.4) is 0 Å². The zero-order valence-corrected chi connectivity index (χ0v) is 13.4. The summed E-state index contributed by atoms with van der Waals surface area (Å²) in [6.45, 7) is 2.46. The number of rotatable bonds is 3. The Kier molecular flexibility index (Phi) is 4.71. The van der Waals surface area contributed by atoms with Crippen LogP contribution in [0.4, 0.5) is 0 Å². The topological polar surface area (TPSA) is 60.9 Å². The smallest absolute Gasteiger partial charge is 0.248 e. The van der Waals surface area contributed by atoms with E-state index in [0.29, 0.717) is 19.0 Å². The van der Waals surface area contributed by atoms with E-state index in [1.165, 1.54) is 32.1 Å². The molecule has 1 atom stereocenters. The van der Waals surface area contributed by atoms with Crippen molar-refractivity contribution in [3.63, 3.8) is 0 Å². The zero-order chi connectivity index (χ0) is 15.6. The summed E-state index contributed by atoms with van der Waals surface area (Å²) in [5.41, 5.74) is -0.363. The predicted octanol–water partition coefficient (Wildman–Crippen LogP) is 1.40. The van der Waals surface area contributed by atoms with Gasteiger partial charge in [0.1, 0.15) is 6.61 Å². The van der Waals surface area contributed by atoms with Gasteiger partial charge in [-0.05, 0) is 38.0 Å². The number of carbonyl (C=O) groups excluding carboxylic acids is 2. The van der Waals surface area contributed by atoms with E-state index in [0.717, 1.165) is 32.4 Å². The van der Waals surface area contributed by atoms with E-state index >= 15 is 0 Å². The van der Waals surface area contributed by atoms with Crippen molar-refractivity contribution < 1.29 is 14.7 Å². The molecule has 1 aliphatic carbocycles. The fraction of sp³-hybridized carbons (Fsp3) is 0.882. The van der Waals surface area contributed by atoms with Crippen molar-refractivity contribution >= 4 is 11.8 Å². The number of carbonyl (C=O) groups is 2. The Morgan fingerprint density at radius 2 is 1.91 bits per heavy atom. The van der Waals surface area contributed by atoms with Crippen molar-refractivity contribution in [1.82, 2.24) is 9.80 Å². The molecule has 0 aromatic rings. The van der Waals surface area contributed by atoms with E-state index in [4.69, 9.17) is 5.11 Å². The highest BCUT2D eigenvalue weighted by Gasteiger charge is 2.49. The number of hydrogen-bond acceptors (Lipinski definition) is 3. The molecule has 1 saturated carbocycles. The van der Waals surface area contributed by atoms with Gasteiger partial charge in [-0.1, -0.05) is 19.3 Å². The Bertz CT molecular complexity index is 434. The highest BCUT2D eigenvalue weighted by molar-refractivity contribution is 5.86. The molecule has 2 saturated heterocycles. The molecule has 1 N–H and O–H groups in total. The van der Waals surface area contributed by atoms with Gasteiger partial charge in [0.05, 0.1) is 5.41 Å². The Labute approximate surface area is 132 Å². The Morgan fingerprint density at radius 3 is 2.64 bits per heavy atom. The summed E-state index contributed by atoms with van der Waals surface area (Å²) in [7, 11) is 0. The number of nitrogens with zero attached hydrogens (tertiary/aromatic N) is 2. The Morgan fingerprint density at radius 1 is 1.14 bits per heavy atom. The van der Waals surface area contributed by atoms with E-state index in [1.807, 2.05) is 0 Å². The number of hydrogen-bond donors (Lipinski definition) is 1. The lowest BCUT2D eigenvalue weighted by atomic mass is 9.77. The molecule has 5 nitrogen and oxygen atoms in total. The molecule has 0 aromatic carbocycles. The molecule has 3 rings (SSSR count). The summed E-state index contributed by atoms with van der Waals surface area (Å²) in [5, 5.41) is 9.03. The lowest BCUT2D eigenvalue weighted by molar-refractivity contribution is -0.147. The van der Waals surface area contributed by atoms with Crippen LogP contribution in [0.25, 0.3) is 0 Å². The molecular weight excluding hydrogens is 280 g/mol. The van der Waals surface area contributed by atoms with Gasteiger partial charge in [-0.3, -0.25) is 9.59 Å². The minimum atomic E-state index is -0.448. The number of piperidine rings is 1. The van der Waals surface area contributed by atoms with Crippen molar-refractivity contribution in [2.75, 3.05) is 32.8 Å². The van der Waals surface area contributed by atoms with Gasteiger partial charge >= 0.3 is 0 Å². The minimum Gasteiger partial charge on any atom is -0.387 e. The summed E-state index contributed by atoms with van der Waals surface area (Å²) in [4.78, 5) is 28.4. The first-order valence-corrected chi connectivity index (χ1v) is 8.83. The molecule has 1 spiro atoms. The maximum absolute atomic E-state index is 13.0. The largest absolute Gasteiger partial charge is 0.387 e. The Balaban J connectivity index is 1.64. The monoisotopic (exact) mass is 308 g/mol. The lowest BCUT2D eigenvalue weighted by Crippen LogP contribution is -2.51. The molecule has 22 heavy (non-hydrogen) atoms. The molecule has 0 aromatic heterocycles. The van der Waals surface area contributed by atoms with E-state index in [9.17, 15) is 9.59 Å². The first-order valence-electron chi connectivity index (χ1n) is 8.83. The highest BCUT2D eigenvalue weighted by Crippen LogP contribution is 2.40. The van der Waals surface area contributed by atoms with Crippen LogP contribution in [-0.2, 0) is 9.59 Å². The summed E-state index contributed by atoms with van der Waals surface area (Å²) < 4.78 is 0. The summed E-state index contributed by atoms with van der Waals surface area (Å²) in [6, 6.07) is 0. The summed E-state index contributed by atoms with van der Waals surface area (Å²) >= 11 is 0. The molecule has 3 fully saturated rings. The van der Waals surface area contributed by atoms with Gasteiger partial charge in [-0.15, -0.1) is 0 Å². The van der Waals surface area contributed by atoms with Crippen molar-refractivity contribution in [3.8, 4) is 0 Å². The van der Waals surface area contributed by atoms with Gasteiger partial charge < -0.3 is 14.9 Å². The van der Waals surface area contributed by atoms with Gasteiger partial charge in [0.15, 0.2) is 0 Å². The molecule has 124 valence electrons. The third kappa shape index (κ3) is 3.00. The van der Waals surface area contributed by atoms with Crippen LogP contribution < -0.4 is 0 Å². The van der Waals surface area contributed by atoms with E-state index in [-0.39, 0.29) is 17.2 Å². The third-order valence-electron chi connectivity index (χ3n) is 5.87. The van der Waals surface area contributed by atoms with Gasteiger partial charge in [0, 0.05) is 26.2 Å². The van der Waals surface area contributed by atoms with Gasteiger partial charge in [-0.25, -0.2) is 0 Å². The average Bonchev–Trinajstić information content (AvgIpc) is 2.97. The van der Waals surface area contributed by atoms with Crippen molar-refractivity contribution in [2.45, 2.75) is 51.4 Å². The number of likely N-dealkylation sites (tertiary alicyclic amines) is 2. The van der Waals surface area contributed by atoms with E-state index in [1.54, 1.807) is 4.90 Å². The van der Waals surface area contributed by atoms with Crippen LogP contribution in [0.5, 0.6) is 0 Å². The summed E-state index contributed by atoms with van der Waals surface area (Å²) in [5.74, 6) is 0.691. The second kappa shape index (κ2) is 6.57. The second-order valence-corrected chi connectivity index (χ2v) is 7.36. The Hall–Kier alpha value is -1.10. The zero-order valence-electron chi connectivity index (χ0n) is 13.4. The number of amides is 2. The van der Waals surface area contributed by atoms with E-state index < -0.39 is 6.61 Å². The van der Waals surface area contributed by atoms with Crippen LogP contribution in [-0.4, -0.2) is 59.5 Å². The molecule has 0 radical (unpaired) electrons. The normalized spacial score (nSPS) is 30.3. The lowest BCUT2D eigenvalue weighted by Gasteiger charge is -2.41. The summed E-state index contributed by atoms with van der Waals surface area (Å²) in [6.07, 6.45) is 9.15. The fourth-order valence-corrected chi connectivity index (χ4v) is 4.57. The van der Waals surface area contributed by atoms with Crippen LogP contribution in [0.2, 0.25) is 0 Å². The molecule has 0 bridgehead atoms. The van der Waals surface area contributed by atoms with Crippen LogP contribution in [0, 0.1) is 11.3 Å². The van der Waals surface area contributed by atoms with E-state index in [2.05, 4.69) is 4.90 Å². The molecule has 3 aliphatic rings. The molecular formula is C17H28N2O3. The maximum Gasteiger partial charge on any atom is 0.248 e. The quantitative estimate of drug-likeness (QED) is 0.857. The van der Waals surface area contributed by atoms with Gasteiger partial charge in [0.25, 0.3) is 0 Å². The minimum absolute atomic E-state index is 0.242. The molecule has 2 heterocycles. The van der Waals surface area contributed by atoms with Gasteiger partial charge in [-0.2, -0.15) is 0 Å². The maximum atomic E-state index is 13.0. The van der Waals surface area contributed by atoms with Gasteiger partial charge in [0.2, 0.25) is 11.8 Å². The molecule has 5 heteroatoms. The first kappa shape index (κ1) is 15.8. The SMILES string of the molecule is O=C(CO)N1CC[C@]2(CCCN(CC3CCCCC3)C2=O)C1. The van der Waals surface area contributed by atoms with Crippen LogP contribution in [0.15, 0.2) is 0 Å². The van der Waals surface area contributed by atoms with Crippen molar-refractivity contribution in [3.05, 3.63) is 0 Å². The first-order chi connectivity index (χ1) is 10.6. The molecule has 2 amide bonds. The number of aliphatic hydroxyl groups excluding tert-OH is 1. The predicted molar refractivity (Wildman–Crippen MR) is 83.1 cm³/mol. The molecule has 2 aliphatic heterocycles. The average molecular weight is 308 g/mol. The second-order valence-electron chi connectivity index (χ2n) is 7.36. The fourth-order valence-electron chi connectivity index (χ4n) is 4.57.